The summed E-state index contributed by atoms with van der Waals surface area (Å²) in [5, 5.41) is 0. The number of hydrogen-bond acceptors (Lipinski definition) is 6. The van der Waals surface area contributed by atoms with Crippen LogP contribution in [-0.2, 0) is 26.1 Å². The Bertz CT molecular complexity index is 1200. The molecule has 0 unspecified atom stereocenters. The second kappa shape index (κ2) is 8.17. The van der Waals surface area contributed by atoms with Crippen molar-refractivity contribution in [2.45, 2.75) is 25.3 Å². The molecule has 158 valence electrons. The Kier molecular flexibility index (Phi) is 5.59. The number of morpholine rings is 1. The molecule has 0 bridgehead atoms. The fourth-order valence-electron chi connectivity index (χ4n) is 3.43. The molecular formula is C21H23N3O5S. The van der Waals surface area contributed by atoms with Crippen molar-refractivity contribution < 1.29 is 22.7 Å². The summed E-state index contributed by atoms with van der Waals surface area (Å²) in [6.07, 6.45) is 3.68. The lowest BCUT2D eigenvalue weighted by Gasteiger charge is -2.26. The summed E-state index contributed by atoms with van der Waals surface area (Å²) in [6, 6.07) is 8.46. The van der Waals surface area contributed by atoms with Crippen LogP contribution in [0.3, 0.4) is 0 Å². The summed E-state index contributed by atoms with van der Waals surface area (Å²) in [6.45, 7) is 4.98. The van der Waals surface area contributed by atoms with Gasteiger partial charge in [-0.15, -0.1) is 0 Å². The Morgan fingerprint density at radius 3 is 2.67 bits per heavy atom. The van der Waals surface area contributed by atoms with E-state index >= 15 is 0 Å². The van der Waals surface area contributed by atoms with Crippen LogP contribution in [0.25, 0.3) is 5.65 Å². The zero-order valence-electron chi connectivity index (χ0n) is 16.9. The van der Waals surface area contributed by atoms with Gasteiger partial charge in [-0.25, -0.2) is 18.2 Å². The van der Waals surface area contributed by atoms with Crippen molar-refractivity contribution in [1.29, 1.82) is 0 Å². The molecule has 8 nitrogen and oxygen atoms in total. The average Bonchev–Trinajstić information content (AvgIpc) is 3.17. The fourth-order valence-corrected chi connectivity index (χ4v) is 5.09. The molecule has 0 aliphatic carbocycles. The van der Waals surface area contributed by atoms with Crippen LogP contribution in [0.1, 0.15) is 27.2 Å². The molecule has 1 aromatic carbocycles. The second-order valence-corrected chi connectivity index (χ2v) is 9.13. The predicted molar refractivity (Wildman–Crippen MR) is 110 cm³/mol. The average molecular weight is 429 g/mol. The zero-order chi connectivity index (χ0) is 21.3. The SMILES string of the molecule is Cc1ccc(C(=O)OCc2cn3cccc(C)c3n2)cc1S(=O)(=O)N1CCOCC1. The number of aryl methyl sites for hydroxylation is 2. The number of aromatic nitrogens is 2. The zero-order valence-corrected chi connectivity index (χ0v) is 17.7. The summed E-state index contributed by atoms with van der Waals surface area (Å²) in [5.74, 6) is -0.595. The van der Waals surface area contributed by atoms with Crippen LogP contribution >= 0.6 is 0 Å². The highest BCUT2D eigenvalue weighted by Gasteiger charge is 2.28. The first-order valence-corrected chi connectivity index (χ1v) is 11.1. The van der Waals surface area contributed by atoms with E-state index in [-0.39, 0.29) is 17.1 Å². The van der Waals surface area contributed by atoms with Crippen LogP contribution < -0.4 is 0 Å². The quantitative estimate of drug-likeness (QED) is 0.578. The van der Waals surface area contributed by atoms with Crippen molar-refractivity contribution >= 4 is 21.6 Å². The van der Waals surface area contributed by atoms with E-state index in [9.17, 15) is 13.2 Å². The summed E-state index contributed by atoms with van der Waals surface area (Å²) in [7, 11) is -3.71. The molecule has 2 aromatic heterocycles. The molecule has 9 heteroatoms. The van der Waals surface area contributed by atoms with Gasteiger partial charge in [0.25, 0.3) is 0 Å². The molecular weight excluding hydrogens is 406 g/mol. The van der Waals surface area contributed by atoms with Gasteiger partial charge >= 0.3 is 5.97 Å². The van der Waals surface area contributed by atoms with Crippen molar-refractivity contribution in [2.24, 2.45) is 0 Å². The number of sulfonamides is 1. The maximum atomic E-state index is 13.0. The molecule has 0 atom stereocenters. The van der Waals surface area contributed by atoms with Crippen molar-refractivity contribution in [3.05, 3.63) is 65.1 Å². The van der Waals surface area contributed by atoms with Gasteiger partial charge in [-0.2, -0.15) is 4.31 Å². The fraction of sp³-hybridized carbons (Fsp3) is 0.333. The van der Waals surface area contributed by atoms with Gasteiger partial charge in [0.15, 0.2) is 0 Å². The molecule has 3 heterocycles. The Morgan fingerprint density at radius 2 is 1.93 bits per heavy atom. The molecule has 1 aliphatic rings. The minimum Gasteiger partial charge on any atom is -0.456 e. The Hall–Kier alpha value is -2.75. The molecule has 0 spiro atoms. The van der Waals surface area contributed by atoms with Crippen LogP contribution in [0.2, 0.25) is 0 Å². The molecule has 1 saturated heterocycles. The summed E-state index contributed by atoms with van der Waals surface area (Å²) < 4.78 is 39.9. The molecule has 0 saturated carbocycles. The Balaban J connectivity index is 1.52. The Morgan fingerprint density at radius 1 is 1.17 bits per heavy atom. The molecule has 0 N–H and O–H groups in total. The van der Waals surface area contributed by atoms with Gasteiger partial charge in [-0.3, -0.25) is 0 Å². The highest BCUT2D eigenvalue weighted by Crippen LogP contribution is 2.23. The summed E-state index contributed by atoms with van der Waals surface area (Å²) >= 11 is 0. The first kappa shape index (κ1) is 20.5. The first-order valence-electron chi connectivity index (χ1n) is 9.65. The van der Waals surface area contributed by atoms with Crippen LogP contribution in [0.5, 0.6) is 0 Å². The molecule has 3 aromatic rings. The minimum absolute atomic E-state index is 0.000618. The number of benzene rings is 1. The van der Waals surface area contributed by atoms with Crippen LogP contribution in [0.4, 0.5) is 0 Å². The third-order valence-corrected chi connectivity index (χ3v) is 7.13. The van der Waals surface area contributed by atoms with E-state index < -0.39 is 16.0 Å². The number of rotatable bonds is 5. The van der Waals surface area contributed by atoms with E-state index in [2.05, 4.69) is 4.98 Å². The maximum Gasteiger partial charge on any atom is 0.338 e. The van der Waals surface area contributed by atoms with Gasteiger partial charge in [0.05, 0.1) is 29.4 Å². The minimum atomic E-state index is -3.71. The number of esters is 1. The predicted octanol–water partition coefficient (Wildman–Crippen LogP) is 2.33. The Labute approximate surface area is 175 Å². The van der Waals surface area contributed by atoms with Gasteiger partial charge in [0, 0.05) is 25.5 Å². The van der Waals surface area contributed by atoms with Crippen LogP contribution in [0, 0.1) is 13.8 Å². The van der Waals surface area contributed by atoms with E-state index in [1.54, 1.807) is 25.3 Å². The van der Waals surface area contributed by atoms with E-state index in [1.165, 1.54) is 10.4 Å². The number of ether oxygens (including phenoxy) is 2. The third kappa shape index (κ3) is 3.96. The summed E-state index contributed by atoms with van der Waals surface area (Å²) in [4.78, 5) is 17.2. The summed E-state index contributed by atoms with van der Waals surface area (Å²) in [5.41, 5.74) is 3.21. The standard InChI is InChI=1S/C21H23N3O5S/c1-15-5-6-17(12-19(15)30(26,27)24-8-10-28-11-9-24)21(25)29-14-18-13-23-7-3-4-16(2)20(23)22-18/h3-7,12-13H,8-11,14H2,1-2H3. The van der Waals surface area contributed by atoms with E-state index in [4.69, 9.17) is 9.47 Å². The number of imidazole rings is 1. The van der Waals surface area contributed by atoms with Gasteiger partial charge in [0.1, 0.15) is 12.3 Å². The van der Waals surface area contributed by atoms with Gasteiger partial charge in [-0.05, 0) is 43.2 Å². The topological polar surface area (TPSA) is 90.2 Å². The normalized spacial score (nSPS) is 15.4. The third-order valence-electron chi connectivity index (χ3n) is 5.09. The number of pyridine rings is 1. The van der Waals surface area contributed by atoms with E-state index in [0.29, 0.717) is 37.6 Å². The monoisotopic (exact) mass is 429 g/mol. The first-order chi connectivity index (χ1) is 14.4. The van der Waals surface area contributed by atoms with Crippen molar-refractivity contribution in [1.82, 2.24) is 13.7 Å². The second-order valence-electron chi connectivity index (χ2n) is 7.23. The molecule has 4 rings (SSSR count). The number of nitrogens with zero attached hydrogens (tertiary/aromatic N) is 3. The molecule has 1 fully saturated rings. The van der Waals surface area contributed by atoms with Crippen molar-refractivity contribution in [3.63, 3.8) is 0 Å². The van der Waals surface area contributed by atoms with E-state index in [1.807, 2.05) is 29.7 Å². The highest BCUT2D eigenvalue weighted by atomic mass is 32.2. The van der Waals surface area contributed by atoms with E-state index in [0.717, 1.165) is 11.2 Å². The molecule has 0 amide bonds. The molecule has 1 aliphatic heterocycles. The van der Waals surface area contributed by atoms with Gasteiger partial charge in [-0.1, -0.05) is 12.1 Å². The highest BCUT2D eigenvalue weighted by molar-refractivity contribution is 7.89. The molecule has 0 radical (unpaired) electrons. The lowest BCUT2D eigenvalue weighted by molar-refractivity contribution is 0.0468. The largest absolute Gasteiger partial charge is 0.456 e. The maximum absolute atomic E-state index is 13.0. The van der Waals surface area contributed by atoms with Crippen LogP contribution in [0.15, 0.2) is 47.6 Å². The van der Waals surface area contributed by atoms with Gasteiger partial charge < -0.3 is 13.9 Å². The van der Waals surface area contributed by atoms with Gasteiger partial charge in [0.2, 0.25) is 10.0 Å². The lowest BCUT2D eigenvalue weighted by atomic mass is 10.1. The number of carbonyl (C=O) groups is 1. The number of carbonyl (C=O) groups excluding carboxylic acids is 1. The van der Waals surface area contributed by atoms with Crippen molar-refractivity contribution in [3.8, 4) is 0 Å². The number of fused-ring (bicyclic) bond motifs is 1. The van der Waals surface area contributed by atoms with Crippen LogP contribution in [-0.4, -0.2) is 54.4 Å². The van der Waals surface area contributed by atoms with Crippen molar-refractivity contribution in [2.75, 3.05) is 26.3 Å². The lowest BCUT2D eigenvalue weighted by Crippen LogP contribution is -2.40. The molecule has 30 heavy (non-hydrogen) atoms. The number of hydrogen-bond donors (Lipinski definition) is 0. The smallest absolute Gasteiger partial charge is 0.338 e.